The zero-order valence-electron chi connectivity index (χ0n) is 10.5. The average Bonchev–Trinajstić information content (AvgIpc) is 2.37. The Morgan fingerprint density at radius 2 is 1.89 bits per heavy atom. The summed E-state index contributed by atoms with van der Waals surface area (Å²) in [6.07, 6.45) is 0. The van der Waals surface area contributed by atoms with Crippen LogP contribution in [0.2, 0.25) is 0 Å². The van der Waals surface area contributed by atoms with Crippen LogP contribution in [0.5, 0.6) is 0 Å². The van der Waals surface area contributed by atoms with E-state index in [1.165, 1.54) is 4.31 Å². The number of hydrogen-bond acceptors (Lipinski definition) is 3. The molecular weight excluding hydrogens is 250 g/mol. The normalized spacial score (nSPS) is 11.1. The van der Waals surface area contributed by atoms with Crippen LogP contribution in [-0.4, -0.2) is 37.2 Å². The van der Waals surface area contributed by atoms with Crippen LogP contribution in [-0.2, 0) is 16.6 Å². The molecule has 0 fully saturated rings. The van der Waals surface area contributed by atoms with Crippen molar-refractivity contribution in [1.82, 2.24) is 4.31 Å². The lowest BCUT2D eigenvalue weighted by Gasteiger charge is -2.15. The summed E-state index contributed by atoms with van der Waals surface area (Å²) < 4.78 is 24.5. The molecule has 0 spiro atoms. The summed E-state index contributed by atoms with van der Waals surface area (Å²) in [7, 11) is -1.58. The molecule has 0 saturated heterocycles. The van der Waals surface area contributed by atoms with Crippen molar-refractivity contribution in [2.75, 3.05) is 19.4 Å². The highest BCUT2D eigenvalue weighted by molar-refractivity contribution is 7.89. The Morgan fingerprint density at radius 1 is 1.28 bits per heavy atom. The van der Waals surface area contributed by atoms with Gasteiger partial charge in [-0.2, -0.15) is 0 Å². The lowest BCUT2D eigenvalue weighted by atomic mass is 10.1. The topological polar surface area (TPSA) is 57.6 Å². The molecule has 0 aliphatic rings. The van der Waals surface area contributed by atoms with Gasteiger partial charge in [0, 0.05) is 19.2 Å². The molecule has 0 radical (unpaired) electrons. The molecule has 5 heteroatoms. The van der Waals surface area contributed by atoms with Crippen molar-refractivity contribution < 1.29 is 13.5 Å². The highest BCUT2D eigenvalue weighted by Crippen LogP contribution is 2.09. The van der Waals surface area contributed by atoms with Crippen molar-refractivity contribution in [3.63, 3.8) is 0 Å². The number of benzene rings is 1. The van der Waals surface area contributed by atoms with E-state index < -0.39 is 10.0 Å². The van der Waals surface area contributed by atoms with Crippen molar-refractivity contribution in [2.45, 2.75) is 13.5 Å². The van der Waals surface area contributed by atoms with Crippen LogP contribution in [0.1, 0.15) is 18.1 Å². The van der Waals surface area contributed by atoms with Gasteiger partial charge in [0.2, 0.25) is 10.0 Å². The first-order chi connectivity index (χ1) is 8.49. The van der Waals surface area contributed by atoms with E-state index in [0.29, 0.717) is 6.54 Å². The van der Waals surface area contributed by atoms with Gasteiger partial charge in [0.1, 0.15) is 6.61 Å². The van der Waals surface area contributed by atoms with E-state index in [4.69, 9.17) is 5.11 Å². The Morgan fingerprint density at radius 3 is 2.39 bits per heavy atom. The summed E-state index contributed by atoms with van der Waals surface area (Å²) in [6, 6.07) is 7.29. The van der Waals surface area contributed by atoms with Crippen LogP contribution in [0.3, 0.4) is 0 Å². The smallest absolute Gasteiger partial charge is 0.213 e. The molecule has 0 amide bonds. The SMILES string of the molecule is CCS(=O)(=O)N(C)Cc1ccc(C#CCO)cc1. The molecule has 1 aromatic carbocycles. The third kappa shape index (κ3) is 4.15. The van der Waals surface area contributed by atoms with Gasteiger partial charge in [0.25, 0.3) is 0 Å². The number of aliphatic hydroxyl groups excluding tert-OH is 1. The first-order valence-corrected chi connectivity index (χ1v) is 7.23. The molecule has 0 heterocycles. The van der Waals surface area contributed by atoms with Gasteiger partial charge in [-0.1, -0.05) is 24.0 Å². The molecule has 1 aromatic rings. The maximum absolute atomic E-state index is 11.6. The minimum atomic E-state index is -3.15. The molecule has 0 saturated carbocycles. The predicted octanol–water partition coefficient (Wildman–Crippen LogP) is 0.812. The van der Waals surface area contributed by atoms with Gasteiger partial charge in [-0.05, 0) is 24.6 Å². The Kier molecular flexibility index (Phi) is 5.35. The number of sulfonamides is 1. The molecule has 1 rings (SSSR count). The molecule has 98 valence electrons. The minimum Gasteiger partial charge on any atom is -0.384 e. The summed E-state index contributed by atoms with van der Waals surface area (Å²) in [5, 5.41) is 8.57. The molecule has 18 heavy (non-hydrogen) atoms. The first-order valence-electron chi connectivity index (χ1n) is 5.62. The number of nitrogens with zero attached hydrogens (tertiary/aromatic N) is 1. The average molecular weight is 267 g/mol. The van der Waals surface area contributed by atoms with E-state index in [2.05, 4.69) is 11.8 Å². The van der Waals surface area contributed by atoms with Gasteiger partial charge < -0.3 is 5.11 Å². The highest BCUT2D eigenvalue weighted by atomic mass is 32.2. The molecule has 0 unspecified atom stereocenters. The Labute approximate surface area is 108 Å². The van der Waals surface area contributed by atoms with Crippen molar-refractivity contribution in [1.29, 1.82) is 0 Å². The fourth-order valence-corrected chi connectivity index (χ4v) is 2.20. The zero-order valence-corrected chi connectivity index (χ0v) is 11.4. The second-order valence-electron chi connectivity index (χ2n) is 3.81. The van der Waals surface area contributed by atoms with Gasteiger partial charge in [0.05, 0.1) is 5.75 Å². The van der Waals surface area contributed by atoms with Crippen LogP contribution in [0.4, 0.5) is 0 Å². The Bertz CT molecular complexity index is 538. The molecule has 0 aliphatic carbocycles. The van der Waals surface area contributed by atoms with Crippen molar-refractivity contribution in [3.05, 3.63) is 35.4 Å². The van der Waals surface area contributed by atoms with Crippen LogP contribution in [0, 0.1) is 11.8 Å². The second kappa shape index (κ2) is 6.55. The maximum Gasteiger partial charge on any atom is 0.213 e. The standard InChI is InChI=1S/C13H17NO3S/c1-3-18(16,17)14(2)11-13-8-6-12(7-9-13)5-4-10-15/h6-9,15H,3,10-11H2,1-2H3. The predicted molar refractivity (Wildman–Crippen MR) is 71.3 cm³/mol. The zero-order chi connectivity index (χ0) is 13.6. The van der Waals surface area contributed by atoms with E-state index in [0.717, 1.165) is 11.1 Å². The summed E-state index contributed by atoms with van der Waals surface area (Å²) in [4.78, 5) is 0. The van der Waals surface area contributed by atoms with Crippen molar-refractivity contribution >= 4 is 10.0 Å². The lowest BCUT2D eigenvalue weighted by molar-refractivity contribution is 0.350. The van der Waals surface area contributed by atoms with E-state index in [1.54, 1.807) is 14.0 Å². The van der Waals surface area contributed by atoms with E-state index in [1.807, 2.05) is 24.3 Å². The number of aliphatic hydroxyl groups is 1. The minimum absolute atomic E-state index is 0.101. The molecule has 1 N–H and O–H groups in total. The van der Waals surface area contributed by atoms with Gasteiger partial charge in [0.15, 0.2) is 0 Å². The Balaban J connectivity index is 2.75. The third-order valence-corrected chi connectivity index (χ3v) is 4.32. The van der Waals surface area contributed by atoms with E-state index in [-0.39, 0.29) is 12.4 Å². The molecule has 4 nitrogen and oxygen atoms in total. The van der Waals surface area contributed by atoms with Crippen LogP contribution >= 0.6 is 0 Å². The Hall–Kier alpha value is -1.35. The van der Waals surface area contributed by atoms with Gasteiger partial charge in [-0.25, -0.2) is 12.7 Å². The van der Waals surface area contributed by atoms with Crippen LogP contribution in [0.25, 0.3) is 0 Å². The summed E-state index contributed by atoms with van der Waals surface area (Å²) in [5.41, 5.74) is 1.71. The molecule has 0 atom stereocenters. The third-order valence-electron chi connectivity index (χ3n) is 2.51. The number of rotatable bonds is 4. The second-order valence-corrected chi connectivity index (χ2v) is 6.18. The molecule has 0 aliphatic heterocycles. The fourth-order valence-electron chi connectivity index (χ4n) is 1.41. The largest absolute Gasteiger partial charge is 0.384 e. The monoisotopic (exact) mass is 267 g/mol. The quantitative estimate of drug-likeness (QED) is 0.821. The number of hydrogen-bond donors (Lipinski definition) is 1. The first kappa shape index (κ1) is 14.7. The van der Waals surface area contributed by atoms with E-state index >= 15 is 0 Å². The van der Waals surface area contributed by atoms with Crippen LogP contribution < -0.4 is 0 Å². The summed E-state index contributed by atoms with van der Waals surface area (Å²) >= 11 is 0. The van der Waals surface area contributed by atoms with Gasteiger partial charge in [-0.3, -0.25) is 0 Å². The molecule has 0 bridgehead atoms. The molecular formula is C13H17NO3S. The van der Waals surface area contributed by atoms with Crippen LogP contribution in [0.15, 0.2) is 24.3 Å². The molecule has 0 aromatic heterocycles. The summed E-state index contributed by atoms with van der Waals surface area (Å²) in [6.45, 7) is 1.81. The summed E-state index contributed by atoms with van der Waals surface area (Å²) in [5.74, 6) is 5.44. The maximum atomic E-state index is 11.6. The highest BCUT2D eigenvalue weighted by Gasteiger charge is 2.14. The van der Waals surface area contributed by atoms with Gasteiger partial charge in [-0.15, -0.1) is 0 Å². The van der Waals surface area contributed by atoms with Crippen molar-refractivity contribution in [2.24, 2.45) is 0 Å². The van der Waals surface area contributed by atoms with Crippen molar-refractivity contribution in [3.8, 4) is 11.8 Å². The van der Waals surface area contributed by atoms with E-state index in [9.17, 15) is 8.42 Å². The fraction of sp³-hybridized carbons (Fsp3) is 0.385. The lowest BCUT2D eigenvalue weighted by Crippen LogP contribution is -2.27. The van der Waals surface area contributed by atoms with Gasteiger partial charge >= 0.3 is 0 Å².